The first kappa shape index (κ1) is 29.8. The van der Waals surface area contributed by atoms with E-state index in [2.05, 4.69) is 30.5 Å². The Balaban J connectivity index is 4.18. The number of hydrogen-bond acceptors (Lipinski definition) is 6. The monoisotopic (exact) mass is 464 g/mol. The van der Waals surface area contributed by atoms with Crippen LogP contribution in [0.5, 0.6) is 0 Å². The number of rotatable bonds is 20. The molecular weight excluding hydrogens is 423 g/mol. The molecule has 0 amide bonds. The summed E-state index contributed by atoms with van der Waals surface area (Å²) in [7, 11) is -4.72. The van der Waals surface area contributed by atoms with Gasteiger partial charge in [-0.3, -0.25) is 14.1 Å². The van der Waals surface area contributed by atoms with Gasteiger partial charge in [0.2, 0.25) is 0 Å². The third-order valence-corrected chi connectivity index (χ3v) is 5.03. The van der Waals surface area contributed by atoms with E-state index in [4.69, 9.17) is 19.3 Å². The molecule has 0 rings (SSSR count). The molecule has 0 heterocycles. The number of hydrogen-bond donors (Lipinski definition) is 2. The molecule has 0 unspecified atom stereocenters. The first-order chi connectivity index (χ1) is 14.8. The molecule has 0 aromatic carbocycles. The predicted octanol–water partition coefficient (Wildman–Crippen LogP) is 5.22. The number of phosphoric acid groups is 1. The van der Waals surface area contributed by atoms with Gasteiger partial charge in [0.15, 0.2) is 6.10 Å². The van der Waals surface area contributed by atoms with Crippen LogP contribution in [0, 0.1) is 0 Å². The van der Waals surface area contributed by atoms with E-state index in [-0.39, 0.29) is 19.4 Å². The molecule has 0 spiro atoms. The lowest BCUT2D eigenvalue weighted by Crippen LogP contribution is -2.29. The SMILES string of the molecule is CC/C=C/CCCCCCCC(=O)O[C@H](COC(=O)CCCCCC)COP(=O)(O)O. The molecule has 0 saturated carbocycles. The van der Waals surface area contributed by atoms with Crippen LogP contribution in [0.4, 0.5) is 0 Å². The average Bonchev–Trinajstić information content (AvgIpc) is 2.71. The second-order valence-electron chi connectivity index (χ2n) is 7.58. The van der Waals surface area contributed by atoms with Crippen LogP contribution in [0.15, 0.2) is 12.2 Å². The quantitative estimate of drug-likeness (QED) is 0.109. The lowest BCUT2D eigenvalue weighted by Gasteiger charge is -2.18. The van der Waals surface area contributed by atoms with Crippen molar-refractivity contribution in [2.45, 2.75) is 103 Å². The van der Waals surface area contributed by atoms with Gasteiger partial charge in [-0.1, -0.05) is 64.5 Å². The van der Waals surface area contributed by atoms with Gasteiger partial charge in [-0.15, -0.1) is 0 Å². The van der Waals surface area contributed by atoms with E-state index >= 15 is 0 Å². The average molecular weight is 465 g/mol. The van der Waals surface area contributed by atoms with E-state index in [0.717, 1.165) is 57.8 Å². The smallest absolute Gasteiger partial charge is 0.462 e. The zero-order valence-corrected chi connectivity index (χ0v) is 20.0. The lowest BCUT2D eigenvalue weighted by molar-refractivity contribution is -0.161. The molecule has 0 aromatic rings. The Morgan fingerprint density at radius 1 is 0.839 bits per heavy atom. The van der Waals surface area contributed by atoms with Crippen LogP contribution in [0.2, 0.25) is 0 Å². The fourth-order valence-electron chi connectivity index (χ4n) is 2.84. The molecule has 9 heteroatoms. The molecule has 0 saturated heterocycles. The molecule has 1 atom stereocenters. The fourth-order valence-corrected chi connectivity index (χ4v) is 3.20. The van der Waals surface area contributed by atoms with Gasteiger partial charge in [0, 0.05) is 12.8 Å². The third-order valence-electron chi connectivity index (χ3n) is 4.55. The molecule has 0 aromatic heterocycles. The molecule has 8 nitrogen and oxygen atoms in total. The molecule has 0 bridgehead atoms. The van der Waals surface area contributed by atoms with E-state index in [1.807, 2.05) is 0 Å². The number of carbonyl (C=O) groups is 2. The van der Waals surface area contributed by atoms with Gasteiger partial charge in [-0.2, -0.15) is 0 Å². The summed E-state index contributed by atoms with van der Waals surface area (Å²) in [6, 6.07) is 0. The van der Waals surface area contributed by atoms with Gasteiger partial charge in [0.1, 0.15) is 6.61 Å². The Morgan fingerprint density at radius 3 is 2.10 bits per heavy atom. The minimum atomic E-state index is -4.72. The second kappa shape index (κ2) is 19.5. The maximum Gasteiger partial charge on any atom is 0.469 e. The highest BCUT2D eigenvalue weighted by Crippen LogP contribution is 2.35. The van der Waals surface area contributed by atoms with Crippen LogP contribution in [0.1, 0.15) is 97.3 Å². The predicted molar refractivity (Wildman–Crippen MR) is 119 cm³/mol. The summed E-state index contributed by atoms with van der Waals surface area (Å²) in [6.45, 7) is 3.36. The van der Waals surface area contributed by atoms with Crippen molar-refractivity contribution in [1.29, 1.82) is 0 Å². The summed E-state index contributed by atoms with van der Waals surface area (Å²) in [5.41, 5.74) is 0. The minimum Gasteiger partial charge on any atom is -0.462 e. The Labute approximate surface area is 187 Å². The second-order valence-corrected chi connectivity index (χ2v) is 8.82. The van der Waals surface area contributed by atoms with Gasteiger partial charge in [-0.25, -0.2) is 4.57 Å². The van der Waals surface area contributed by atoms with Crippen molar-refractivity contribution in [3.8, 4) is 0 Å². The number of carbonyl (C=O) groups excluding carboxylic acids is 2. The van der Waals surface area contributed by atoms with E-state index in [1.54, 1.807) is 0 Å². The van der Waals surface area contributed by atoms with Crippen molar-refractivity contribution >= 4 is 19.8 Å². The van der Waals surface area contributed by atoms with Gasteiger partial charge < -0.3 is 19.3 Å². The molecule has 0 aliphatic carbocycles. The molecule has 0 fully saturated rings. The van der Waals surface area contributed by atoms with Crippen LogP contribution in [0.3, 0.4) is 0 Å². The highest BCUT2D eigenvalue weighted by Gasteiger charge is 2.22. The van der Waals surface area contributed by atoms with Crippen LogP contribution in [-0.4, -0.2) is 41.0 Å². The zero-order valence-electron chi connectivity index (χ0n) is 19.1. The molecule has 2 N–H and O–H groups in total. The Kier molecular flexibility index (Phi) is 18.7. The third kappa shape index (κ3) is 21.8. The first-order valence-electron chi connectivity index (χ1n) is 11.5. The minimum absolute atomic E-state index is 0.202. The Morgan fingerprint density at radius 2 is 1.45 bits per heavy atom. The number of phosphoric ester groups is 1. The molecule has 182 valence electrons. The number of ether oxygens (including phenoxy) is 2. The molecule has 31 heavy (non-hydrogen) atoms. The summed E-state index contributed by atoms with van der Waals surface area (Å²) in [6.07, 6.45) is 14.5. The molecule has 0 aliphatic rings. The standard InChI is InChI=1S/C22H41O8P/c1-3-5-7-9-10-11-12-13-15-17-22(24)30-20(19-29-31(25,26)27)18-28-21(23)16-14-8-6-4-2/h5,7,20H,3-4,6,8-19H2,1-2H3,(H2,25,26,27)/b7-5+/t20-/m1/s1. The molecule has 0 aliphatic heterocycles. The van der Waals surface area contributed by atoms with Crippen molar-refractivity contribution in [2.75, 3.05) is 13.2 Å². The molecule has 0 radical (unpaired) electrons. The Hall–Kier alpha value is -1.21. The van der Waals surface area contributed by atoms with Crippen LogP contribution in [-0.2, 0) is 28.2 Å². The van der Waals surface area contributed by atoms with Crippen molar-refractivity contribution in [2.24, 2.45) is 0 Å². The van der Waals surface area contributed by atoms with Crippen molar-refractivity contribution < 1.29 is 37.9 Å². The topological polar surface area (TPSA) is 119 Å². The first-order valence-corrected chi connectivity index (χ1v) is 13.0. The van der Waals surface area contributed by atoms with Gasteiger partial charge in [0.25, 0.3) is 0 Å². The molecular formula is C22H41O8P. The lowest BCUT2D eigenvalue weighted by atomic mass is 10.1. The summed E-state index contributed by atoms with van der Waals surface area (Å²) in [4.78, 5) is 41.6. The Bertz CT molecular complexity index is 544. The number of allylic oxidation sites excluding steroid dienone is 2. The number of esters is 2. The van der Waals surface area contributed by atoms with E-state index < -0.39 is 32.5 Å². The van der Waals surface area contributed by atoms with Gasteiger partial charge in [-0.05, 0) is 32.1 Å². The van der Waals surface area contributed by atoms with E-state index in [1.165, 1.54) is 0 Å². The summed E-state index contributed by atoms with van der Waals surface area (Å²) >= 11 is 0. The van der Waals surface area contributed by atoms with Gasteiger partial charge in [0.05, 0.1) is 6.61 Å². The van der Waals surface area contributed by atoms with E-state index in [0.29, 0.717) is 12.8 Å². The van der Waals surface area contributed by atoms with Crippen molar-refractivity contribution in [1.82, 2.24) is 0 Å². The highest BCUT2D eigenvalue weighted by atomic mass is 31.2. The maximum atomic E-state index is 12.1. The van der Waals surface area contributed by atoms with Crippen LogP contribution < -0.4 is 0 Å². The van der Waals surface area contributed by atoms with Crippen LogP contribution >= 0.6 is 7.82 Å². The largest absolute Gasteiger partial charge is 0.469 e. The normalized spacial score (nSPS) is 12.8. The highest BCUT2D eigenvalue weighted by molar-refractivity contribution is 7.46. The maximum absolute atomic E-state index is 12.1. The van der Waals surface area contributed by atoms with Crippen molar-refractivity contribution in [3.63, 3.8) is 0 Å². The summed E-state index contributed by atoms with van der Waals surface area (Å²) < 4.78 is 25.7. The summed E-state index contributed by atoms with van der Waals surface area (Å²) in [5.74, 6) is -0.925. The van der Waals surface area contributed by atoms with E-state index in [9.17, 15) is 14.2 Å². The summed E-state index contributed by atoms with van der Waals surface area (Å²) in [5, 5.41) is 0. The van der Waals surface area contributed by atoms with Gasteiger partial charge >= 0.3 is 19.8 Å². The number of unbranched alkanes of at least 4 members (excludes halogenated alkanes) is 8. The fraction of sp³-hybridized carbons (Fsp3) is 0.818. The van der Waals surface area contributed by atoms with Crippen molar-refractivity contribution in [3.05, 3.63) is 12.2 Å². The zero-order chi connectivity index (χ0) is 23.4. The van der Waals surface area contributed by atoms with Crippen LogP contribution in [0.25, 0.3) is 0 Å².